The Kier molecular flexibility index (Phi) is 6.25. The summed E-state index contributed by atoms with van der Waals surface area (Å²) >= 11 is 0. The Bertz CT molecular complexity index is 538. The molecule has 0 aliphatic heterocycles. The third kappa shape index (κ3) is 4.97. The lowest BCUT2D eigenvalue weighted by Crippen LogP contribution is -2.21. The van der Waals surface area contributed by atoms with Gasteiger partial charge in [-0.3, -0.25) is 4.79 Å². The van der Waals surface area contributed by atoms with Crippen molar-refractivity contribution in [1.82, 2.24) is 0 Å². The van der Waals surface area contributed by atoms with E-state index in [4.69, 9.17) is 0 Å². The molecule has 1 aromatic carbocycles. The maximum absolute atomic E-state index is 13.0. The van der Waals surface area contributed by atoms with Crippen LogP contribution < -0.4 is 0 Å². The monoisotopic (exact) mass is 340 g/mol. The topological polar surface area (TPSA) is 17.1 Å². The Balaban J connectivity index is 3.41. The molecule has 0 aromatic heterocycles. The number of carbonyl (C=O) groups is 1. The van der Waals surface area contributed by atoms with E-state index < -0.39 is 40.7 Å². The van der Waals surface area contributed by atoms with Crippen LogP contribution in [0.1, 0.15) is 61.0 Å². The van der Waals surface area contributed by atoms with E-state index in [1.54, 1.807) is 13.8 Å². The lowest BCUT2D eigenvalue weighted by Gasteiger charge is -2.19. The summed E-state index contributed by atoms with van der Waals surface area (Å²) in [4.78, 5) is 12.4. The van der Waals surface area contributed by atoms with Crippen LogP contribution in [0.3, 0.4) is 0 Å². The van der Waals surface area contributed by atoms with Gasteiger partial charge in [-0.05, 0) is 31.0 Å². The minimum atomic E-state index is -4.88. The first-order chi connectivity index (χ1) is 10.5. The van der Waals surface area contributed by atoms with Gasteiger partial charge in [-0.15, -0.1) is 0 Å². The number of carbonyl (C=O) groups excluding carboxylic acids is 1. The summed E-state index contributed by atoms with van der Waals surface area (Å²) in [5.41, 5.74) is -3.45. The first kappa shape index (κ1) is 19.5. The van der Waals surface area contributed by atoms with Crippen LogP contribution in [-0.2, 0) is 12.4 Å². The third-order valence-corrected chi connectivity index (χ3v) is 3.56. The average Bonchev–Trinajstić information content (AvgIpc) is 2.43. The maximum Gasteiger partial charge on any atom is 0.417 e. The number of hydrogen-bond acceptors (Lipinski definition) is 1. The van der Waals surface area contributed by atoms with Gasteiger partial charge in [0.1, 0.15) is 0 Å². The number of hydrogen-bond donors (Lipinski definition) is 0. The van der Waals surface area contributed by atoms with Crippen molar-refractivity contribution in [3.8, 4) is 0 Å². The molecule has 0 atom stereocenters. The predicted molar refractivity (Wildman–Crippen MR) is 74.1 cm³/mol. The van der Waals surface area contributed by atoms with E-state index in [-0.39, 0.29) is 0 Å². The van der Waals surface area contributed by atoms with E-state index in [0.717, 1.165) is 0 Å². The van der Waals surface area contributed by atoms with Crippen molar-refractivity contribution in [2.75, 3.05) is 0 Å². The van der Waals surface area contributed by atoms with Gasteiger partial charge in [-0.25, -0.2) is 0 Å². The average molecular weight is 340 g/mol. The molecule has 0 heterocycles. The summed E-state index contributed by atoms with van der Waals surface area (Å²) in [5, 5.41) is 0. The maximum atomic E-state index is 13.0. The second kappa shape index (κ2) is 7.36. The van der Waals surface area contributed by atoms with E-state index in [0.29, 0.717) is 43.9 Å². The number of rotatable bonds is 6. The summed E-state index contributed by atoms with van der Waals surface area (Å²) in [6.45, 7) is 3.54. The van der Waals surface area contributed by atoms with Crippen LogP contribution >= 0.6 is 0 Å². The van der Waals surface area contributed by atoms with Crippen LogP contribution in [0.15, 0.2) is 18.2 Å². The van der Waals surface area contributed by atoms with Crippen LogP contribution in [0.4, 0.5) is 26.3 Å². The second-order valence-electron chi connectivity index (χ2n) is 5.39. The quantitative estimate of drug-likeness (QED) is 0.450. The minimum Gasteiger partial charge on any atom is -0.294 e. The smallest absolute Gasteiger partial charge is 0.294 e. The molecule has 0 bridgehead atoms. The molecule has 0 fully saturated rings. The molecule has 1 aromatic rings. The molecular formula is C16H18F6O. The number of ketones is 1. The highest BCUT2D eigenvalue weighted by atomic mass is 19.4. The SMILES string of the molecule is CCCC(CCC)C(=O)c1cc(C(F)(F)F)ccc1C(F)(F)F. The Morgan fingerprint density at radius 3 is 1.87 bits per heavy atom. The van der Waals surface area contributed by atoms with Gasteiger partial charge in [-0.1, -0.05) is 26.7 Å². The highest BCUT2D eigenvalue weighted by Crippen LogP contribution is 2.38. The Morgan fingerprint density at radius 2 is 1.48 bits per heavy atom. The Hall–Kier alpha value is -1.53. The van der Waals surface area contributed by atoms with Crippen molar-refractivity contribution < 1.29 is 31.1 Å². The minimum absolute atomic E-state index is 0.323. The van der Waals surface area contributed by atoms with Crippen LogP contribution in [-0.4, -0.2) is 5.78 Å². The highest BCUT2D eigenvalue weighted by Gasteiger charge is 2.39. The molecule has 0 saturated heterocycles. The molecule has 0 N–H and O–H groups in total. The lowest BCUT2D eigenvalue weighted by molar-refractivity contribution is -0.141. The van der Waals surface area contributed by atoms with Gasteiger partial charge in [0.25, 0.3) is 0 Å². The number of halogens is 6. The van der Waals surface area contributed by atoms with Crippen molar-refractivity contribution >= 4 is 5.78 Å². The molecule has 7 heteroatoms. The highest BCUT2D eigenvalue weighted by molar-refractivity contribution is 5.99. The van der Waals surface area contributed by atoms with Gasteiger partial charge < -0.3 is 0 Å². The zero-order valence-corrected chi connectivity index (χ0v) is 12.8. The van der Waals surface area contributed by atoms with E-state index in [2.05, 4.69) is 0 Å². The normalized spacial score (nSPS) is 12.7. The zero-order valence-electron chi connectivity index (χ0n) is 12.8. The summed E-state index contributed by atoms with van der Waals surface area (Å²) in [6.07, 6.45) is -7.85. The third-order valence-electron chi connectivity index (χ3n) is 3.56. The summed E-state index contributed by atoms with van der Waals surface area (Å²) < 4.78 is 77.4. The molecule has 0 saturated carbocycles. The van der Waals surface area contributed by atoms with Gasteiger partial charge >= 0.3 is 12.4 Å². The molecular weight excluding hydrogens is 322 g/mol. The van der Waals surface area contributed by atoms with Crippen LogP contribution in [0, 0.1) is 5.92 Å². The first-order valence-electron chi connectivity index (χ1n) is 7.35. The summed E-state index contributed by atoms with van der Waals surface area (Å²) in [7, 11) is 0. The van der Waals surface area contributed by atoms with Gasteiger partial charge in [0.15, 0.2) is 5.78 Å². The van der Waals surface area contributed by atoms with Crippen molar-refractivity contribution in [3.63, 3.8) is 0 Å². The van der Waals surface area contributed by atoms with Crippen molar-refractivity contribution in [1.29, 1.82) is 0 Å². The van der Waals surface area contributed by atoms with Crippen molar-refractivity contribution in [2.45, 2.75) is 51.9 Å². The van der Waals surface area contributed by atoms with E-state index >= 15 is 0 Å². The van der Waals surface area contributed by atoms with E-state index in [1.165, 1.54) is 0 Å². The molecule has 23 heavy (non-hydrogen) atoms. The molecule has 0 aliphatic carbocycles. The Morgan fingerprint density at radius 1 is 0.957 bits per heavy atom. The van der Waals surface area contributed by atoms with Crippen molar-refractivity contribution in [3.05, 3.63) is 34.9 Å². The van der Waals surface area contributed by atoms with Gasteiger partial charge in [0, 0.05) is 11.5 Å². The fourth-order valence-corrected chi connectivity index (χ4v) is 2.49. The fraction of sp³-hybridized carbons (Fsp3) is 0.562. The lowest BCUT2D eigenvalue weighted by atomic mass is 9.87. The molecule has 0 unspecified atom stereocenters. The van der Waals surface area contributed by atoms with E-state index in [1.807, 2.05) is 0 Å². The number of benzene rings is 1. The van der Waals surface area contributed by atoms with Gasteiger partial charge in [-0.2, -0.15) is 26.3 Å². The van der Waals surface area contributed by atoms with Crippen molar-refractivity contribution in [2.24, 2.45) is 5.92 Å². The van der Waals surface area contributed by atoms with E-state index in [9.17, 15) is 31.1 Å². The molecule has 1 nitrogen and oxygen atoms in total. The first-order valence-corrected chi connectivity index (χ1v) is 7.35. The largest absolute Gasteiger partial charge is 0.417 e. The number of alkyl halides is 6. The van der Waals surface area contributed by atoms with Gasteiger partial charge in [0.2, 0.25) is 0 Å². The molecule has 0 radical (unpaired) electrons. The predicted octanol–water partition coefficient (Wildman–Crippen LogP) is 6.12. The van der Waals surface area contributed by atoms with Crippen LogP contribution in [0.5, 0.6) is 0 Å². The second-order valence-corrected chi connectivity index (χ2v) is 5.39. The van der Waals surface area contributed by atoms with Crippen LogP contribution in [0.25, 0.3) is 0 Å². The molecule has 130 valence electrons. The number of Topliss-reactive ketones (excluding diaryl/α,β-unsaturated/α-hetero) is 1. The summed E-state index contributed by atoms with van der Waals surface area (Å²) in [5.74, 6) is -1.57. The van der Waals surface area contributed by atoms with Gasteiger partial charge in [0.05, 0.1) is 11.1 Å². The molecule has 0 aliphatic rings. The molecule has 1 rings (SSSR count). The Labute approximate surface area is 130 Å². The molecule has 0 amide bonds. The summed E-state index contributed by atoms with van der Waals surface area (Å²) in [6, 6.07) is 1.02. The molecule has 0 spiro atoms. The fourth-order valence-electron chi connectivity index (χ4n) is 2.49. The standard InChI is InChI=1S/C16H18F6O/c1-3-5-10(6-4-2)14(23)12-9-11(15(17,18)19)7-8-13(12)16(20,21)22/h7-10H,3-6H2,1-2H3. The zero-order chi connectivity index (χ0) is 17.8. The van der Waals surface area contributed by atoms with Crippen LogP contribution in [0.2, 0.25) is 0 Å².